The standard InChI is InChI=1S/C43H63NO7/c1-25-22-30(38(40(6,7)47)49-27(3)45)50-37-34(25)41(8)18-19-42-26(2)43(42)17-16-32(39(4,5)31(43)15-14-29(42)35(41)36(37)46)51-33-24-44(20-21-48-33)23-28-12-10-9-11-13-28/h9-13,25-26,29-35,37-38,47H,14-24H2,1-8H3. The molecule has 0 radical (unpaired) electrons. The van der Waals surface area contributed by atoms with E-state index < -0.39 is 29.9 Å². The summed E-state index contributed by atoms with van der Waals surface area (Å²) in [6, 6.07) is 10.7. The molecule has 8 rings (SSSR count). The van der Waals surface area contributed by atoms with Gasteiger partial charge in [0.15, 0.2) is 18.2 Å². The van der Waals surface area contributed by atoms with Gasteiger partial charge in [-0.2, -0.15) is 0 Å². The number of carbonyl (C=O) groups excluding carboxylic acids is 2. The lowest BCUT2D eigenvalue weighted by atomic mass is 9.46. The topological polar surface area (TPSA) is 94.5 Å². The van der Waals surface area contributed by atoms with Crippen molar-refractivity contribution < 1.29 is 33.6 Å². The molecule has 5 aliphatic carbocycles. The zero-order valence-corrected chi connectivity index (χ0v) is 32.4. The highest BCUT2D eigenvalue weighted by Crippen LogP contribution is 2.89. The van der Waals surface area contributed by atoms with Crippen LogP contribution in [0.5, 0.6) is 0 Å². The number of ketones is 1. The van der Waals surface area contributed by atoms with Crippen LogP contribution in [0.3, 0.4) is 0 Å². The molecule has 0 aromatic heterocycles. The molecule has 5 saturated carbocycles. The lowest BCUT2D eigenvalue weighted by Crippen LogP contribution is -2.57. The number of Topliss-reactive ketones (excluding diaryl/α,β-unsaturated/α-hetero) is 1. The van der Waals surface area contributed by atoms with Crippen LogP contribution in [0.4, 0.5) is 0 Å². The van der Waals surface area contributed by atoms with Crippen molar-refractivity contribution >= 4 is 11.8 Å². The van der Waals surface area contributed by atoms with E-state index in [0.717, 1.165) is 45.3 Å². The van der Waals surface area contributed by atoms with Gasteiger partial charge < -0.3 is 24.1 Å². The molecule has 14 atom stereocenters. The number of rotatable bonds is 7. The van der Waals surface area contributed by atoms with E-state index in [2.05, 4.69) is 69.9 Å². The SMILES string of the molecule is CC(=O)OC(C1CC(C)C2C(O1)C(=O)C1C3CCC4C(C)(C)C(OC5CN(Cc6ccccc6)CCO5)CCC45C(C)C35CCC12C)C(C)(C)O. The molecule has 7 fully saturated rings. The van der Waals surface area contributed by atoms with E-state index in [1.54, 1.807) is 13.8 Å². The van der Waals surface area contributed by atoms with Crippen LogP contribution in [-0.2, 0) is 35.1 Å². The Balaban J connectivity index is 1.00. The number of esters is 1. The molecule has 1 N–H and O–H groups in total. The third-order valence-electron chi connectivity index (χ3n) is 16.3. The molecule has 8 nitrogen and oxygen atoms in total. The van der Waals surface area contributed by atoms with Gasteiger partial charge in [0.2, 0.25) is 0 Å². The quantitative estimate of drug-likeness (QED) is 0.310. The van der Waals surface area contributed by atoms with Crippen molar-refractivity contribution in [2.75, 3.05) is 19.7 Å². The fraction of sp³-hybridized carbons (Fsp3) is 0.814. The molecule has 282 valence electrons. The van der Waals surface area contributed by atoms with Crippen molar-refractivity contribution in [3.05, 3.63) is 35.9 Å². The largest absolute Gasteiger partial charge is 0.457 e. The lowest BCUT2D eigenvalue weighted by molar-refractivity contribution is -0.246. The number of aliphatic hydroxyl groups is 1. The Labute approximate surface area is 305 Å². The first-order chi connectivity index (χ1) is 24.1. The zero-order chi connectivity index (χ0) is 36.3. The summed E-state index contributed by atoms with van der Waals surface area (Å²) in [7, 11) is 0. The Bertz CT molecular complexity index is 1510. The highest BCUT2D eigenvalue weighted by molar-refractivity contribution is 5.90. The minimum Gasteiger partial charge on any atom is -0.457 e. The van der Waals surface area contributed by atoms with Crippen LogP contribution in [0.1, 0.15) is 106 Å². The summed E-state index contributed by atoms with van der Waals surface area (Å²) in [5.41, 5.74) is 0.387. The summed E-state index contributed by atoms with van der Waals surface area (Å²) < 4.78 is 25.6. The summed E-state index contributed by atoms with van der Waals surface area (Å²) in [6.45, 7) is 20.1. The smallest absolute Gasteiger partial charge is 0.303 e. The Morgan fingerprint density at radius 2 is 1.80 bits per heavy atom. The van der Waals surface area contributed by atoms with Gasteiger partial charge in [-0.1, -0.05) is 65.0 Å². The molecule has 2 saturated heterocycles. The fourth-order valence-corrected chi connectivity index (χ4v) is 14.5. The molecule has 51 heavy (non-hydrogen) atoms. The minimum atomic E-state index is -1.28. The van der Waals surface area contributed by atoms with E-state index in [4.69, 9.17) is 18.9 Å². The number of hydrogen-bond donors (Lipinski definition) is 1. The van der Waals surface area contributed by atoms with Crippen LogP contribution in [0, 0.1) is 57.2 Å². The number of fused-ring (bicyclic) bond motifs is 4. The van der Waals surface area contributed by atoms with Crippen molar-refractivity contribution in [3.63, 3.8) is 0 Å². The van der Waals surface area contributed by atoms with Crippen LogP contribution in [0.25, 0.3) is 0 Å². The van der Waals surface area contributed by atoms with Gasteiger partial charge in [0.25, 0.3) is 0 Å². The van der Waals surface area contributed by atoms with E-state index in [0.29, 0.717) is 30.8 Å². The highest BCUT2D eigenvalue weighted by Gasteiger charge is 2.86. The Morgan fingerprint density at radius 1 is 1.06 bits per heavy atom. The van der Waals surface area contributed by atoms with E-state index in [9.17, 15) is 14.7 Å². The van der Waals surface area contributed by atoms with E-state index in [-0.39, 0.29) is 57.6 Å². The summed E-state index contributed by atoms with van der Waals surface area (Å²) >= 11 is 0. The number of morpholine rings is 1. The molecule has 1 aromatic carbocycles. The van der Waals surface area contributed by atoms with Gasteiger partial charge in [0, 0.05) is 38.4 Å². The van der Waals surface area contributed by atoms with Crippen molar-refractivity contribution in [1.82, 2.24) is 4.90 Å². The van der Waals surface area contributed by atoms with Gasteiger partial charge >= 0.3 is 5.97 Å². The second kappa shape index (κ2) is 12.3. The molecule has 2 heterocycles. The monoisotopic (exact) mass is 705 g/mol. The van der Waals surface area contributed by atoms with Crippen LogP contribution in [0.15, 0.2) is 30.3 Å². The van der Waals surface area contributed by atoms with Crippen LogP contribution >= 0.6 is 0 Å². The van der Waals surface area contributed by atoms with Crippen LogP contribution < -0.4 is 0 Å². The number of hydrogen-bond acceptors (Lipinski definition) is 8. The second-order valence-corrected chi connectivity index (χ2v) is 19.4. The first-order valence-electron chi connectivity index (χ1n) is 20.2. The highest BCUT2D eigenvalue weighted by atomic mass is 16.7. The minimum absolute atomic E-state index is 0.00807. The first-order valence-corrected chi connectivity index (χ1v) is 20.2. The average molecular weight is 706 g/mol. The summed E-state index contributed by atoms with van der Waals surface area (Å²) in [6.07, 6.45) is 5.44. The predicted molar refractivity (Wildman–Crippen MR) is 193 cm³/mol. The number of carbonyl (C=O) groups is 2. The molecule has 1 aromatic rings. The molecule has 0 amide bonds. The molecule has 7 aliphatic rings. The lowest BCUT2D eigenvalue weighted by Gasteiger charge is -2.59. The Morgan fingerprint density at radius 3 is 2.51 bits per heavy atom. The molecule has 2 aliphatic heterocycles. The van der Waals surface area contributed by atoms with Gasteiger partial charge in [-0.05, 0) is 110 Å². The number of nitrogens with zero attached hydrogens (tertiary/aromatic N) is 1. The van der Waals surface area contributed by atoms with Crippen molar-refractivity contribution in [2.45, 2.75) is 143 Å². The average Bonchev–Trinajstić information content (AvgIpc) is 3.50. The van der Waals surface area contributed by atoms with Crippen molar-refractivity contribution in [1.29, 1.82) is 0 Å². The third kappa shape index (κ3) is 5.30. The van der Waals surface area contributed by atoms with Crippen LogP contribution in [0.2, 0.25) is 0 Å². The van der Waals surface area contributed by atoms with E-state index >= 15 is 0 Å². The Kier molecular flexibility index (Phi) is 8.75. The maximum Gasteiger partial charge on any atom is 0.303 e. The third-order valence-corrected chi connectivity index (χ3v) is 16.3. The predicted octanol–water partition coefficient (Wildman–Crippen LogP) is 6.81. The summed E-state index contributed by atoms with van der Waals surface area (Å²) in [4.78, 5) is 29.4. The van der Waals surface area contributed by atoms with Gasteiger partial charge in [-0.25, -0.2) is 0 Å². The van der Waals surface area contributed by atoms with Gasteiger partial charge in [-0.15, -0.1) is 0 Å². The Hall–Kier alpha value is -1.84. The number of ether oxygens (including phenoxy) is 4. The fourth-order valence-electron chi connectivity index (χ4n) is 14.5. The normalized spacial score (nSPS) is 46.5. The van der Waals surface area contributed by atoms with Crippen molar-refractivity contribution in [3.8, 4) is 0 Å². The molecule has 2 spiro atoms. The summed E-state index contributed by atoms with van der Waals surface area (Å²) in [5, 5.41) is 11.0. The van der Waals surface area contributed by atoms with Gasteiger partial charge in [0.1, 0.15) is 6.10 Å². The summed E-state index contributed by atoms with van der Waals surface area (Å²) in [5.74, 6) is 1.70. The van der Waals surface area contributed by atoms with E-state index in [1.165, 1.54) is 25.3 Å². The molecular formula is C43H63NO7. The second-order valence-electron chi connectivity index (χ2n) is 19.4. The van der Waals surface area contributed by atoms with Crippen molar-refractivity contribution in [2.24, 2.45) is 57.2 Å². The van der Waals surface area contributed by atoms with Gasteiger partial charge in [-0.3, -0.25) is 14.5 Å². The van der Waals surface area contributed by atoms with Gasteiger partial charge in [0.05, 0.1) is 24.4 Å². The molecule has 14 unspecified atom stereocenters. The molecular weight excluding hydrogens is 642 g/mol. The maximum atomic E-state index is 14.9. The molecule has 0 bridgehead atoms. The van der Waals surface area contributed by atoms with Crippen LogP contribution in [-0.4, -0.2) is 77.8 Å². The number of benzene rings is 1. The zero-order valence-electron chi connectivity index (χ0n) is 32.4. The maximum absolute atomic E-state index is 14.9. The molecule has 8 heteroatoms. The van der Waals surface area contributed by atoms with E-state index in [1.807, 2.05) is 0 Å². The first kappa shape index (κ1) is 36.2.